The molecule has 2 aromatic heterocycles. The highest BCUT2D eigenvalue weighted by Crippen LogP contribution is 2.35. The van der Waals surface area contributed by atoms with E-state index in [1.54, 1.807) is 18.8 Å². The van der Waals surface area contributed by atoms with Gasteiger partial charge in [0.1, 0.15) is 18.4 Å². The van der Waals surface area contributed by atoms with Gasteiger partial charge in [-0.25, -0.2) is 15.0 Å². The fourth-order valence-corrected chi connectivity index (χ4v) is 3.54. The summed E-state index contributed by atoms with van der Waals surface area (Å²) in [7, 11) is 0. The smallest absolute Gasteiger partial charge is 0.297 e. The standard InChI is InChI=1S/C15H19N5O/c1-10-11(2)17-9-18-14(10)19-5-12-7-20(8-13(12)6-19)15-16-3-4-21-15/h3-4,9,12-13H,5-8H2,1-2H3. The largest absolute Gasteiger partial charge is 0.432 e. The van der Waals surface area contributed by atoms with Crippen molar-refractivity contribution in [2.24, 2.45) is 11.8 Å². The van der Waals surface area contributed by atoms with Gasteiger partial charge in [-0.1, -0.05) is 0 Å². The lowest BCUT2D eigenvalue weighted by Crippen LogP contribution is -2.29. The number of rotatable bonds is 2. The van der Waals surface area contributed by atoms with Crippen molar-refractivity contribution in [2.75, 3.05) is 36.0 Å². The third-order valence-electron chi connectivity index (χ3n) is 4.79. The lowest BCUT2D eigenvalue weighted by molar-refractivity contribution is 0.533. The van der Waals surface area contributed by atoms with Crippen LogP contribution in [0.15, 0.2) is 23.2 Å². The van der Waals surface area contributed by atoms with Gasteiger partial charge in [0, 0.05) is 49.3 Å². The van der Waals surface area contributed by atoms with Gasteiger partial charge in [0.2, 0.25) is 0 Å². The molecule has 6 heteroatoms. The molecule has 0 saturated carbocycles. The van der Waals surface area contributed by atoms with Crippen molar-refractivity contribution in [1.29, 1.82) is 0 Å². The molecule has 0 N–H and O–H groups in total. The Morgan fingerprint density at radius 1 is 1.00 bits per heavy atom. The van der Waals surface area contributed by atoms with Crippen LogP contribution in [-0.4, -0.2) is 41.1 Å². The molecule has 0 bridgehead atoms. The summed E-state index contributed by atoms with van der Waals surface area (Å²) in [6.07, 6.45) is 5.02. The predicted molar refractivity (Wildman–Crippen MR) is 79.4 cm³/mol. The van der Waals surface area contributed by atoms with Crippen molar-refractivity contribution in [2.45, 2.75) is 13.8 Å². The van der Waals surface area contributed by atoms with Gasteiger partial charge in [-0.15, -0.1) is 0 Å². The summed E-state index contributed by atoms with van der Waals surface area (Å²) >= 11 is 0. The number of hydrogen-bond acceptors (Lipinski definition) is 6. The minimum Gasteiger partial charge on any atom is -0.432 e. The van der Waals surface area contributed by atoms with Gasteiger partial charge in [0.05, 0.1) is 6.20 Å². The molecule has 21 heavy (non-hydrogen) atoms. The Hall–Kier alpha value is -2.11. The van der Waals surface area contributed by atoms with Crippen molar-refractivity contribution in [3.63, 3.8) is 0 Å². The van der Waals surface area contributed by atoms with E-state index in [1.165, 1.54) is 5.56 Å². The molecule has 2 unspecified atom stereocenters. The summed E-state index contributed by atoms with van der Waals surface area (Å²) in [5.74, 6) is 2.41. The topological polar surface area (TPSA) is 58.3 Å². The second-order valence-electron chi connectivity index (χ2n) is 6.05. The molecule has 6 nitrogen and oxygen atoms in total. The molecule has 2 aliphatic heterocycles. The van der Waals surface area contributed by atoms with Crippen LogP contribution in [0.1, 0.15) is 11.3 Å². The molecule has 2 fully saturated rings. The van der Waals surface area contributed by atoms with Crippen LogP contribution in [0, 0.1) is 25.7 Å². The van der Waals surface area contributed by atoms with Crippen LogP contribution in [0.5, 0.6) is 0 Å². The van der Waals surface area contributed by atoms with E-state index in [0.717, 1.165) is 43.7 Å². The monoisotopic (exact) mass is 285 g/mol. The first kappa shape index (κ1) is 12.6. The Morgan fingerprint density at radius 2 is 1.71 bits per heavy atom. The zero-order chi connectivity index (χ0) is 14.4. The van der Waals surface area contributed by atoms with Crippen LogP contribution in [0.2, 0.25) is 0 Å². The summed E-state index contributed by atoms with van der Waals surface area (Å²) in [6, 6.07) is 0.755. The van der Waals surface area contributed by atoms with Crippen molar-refractivity contribution in [3.8, 4) is 0 Å². The molecule has 110 valence electrons. The summed E-state index contributed by atoms with van der Waals surface area (Å²) in [5.41, 5.74) is 2.26. The van der Waals surface area contributed by atoms with Crippen LogP contribution < -0.4 is 9.80 Å². The van der Waals surface area contributed by atoms with Gasteiger partial charge in [0.15, 0.2) is 0 Å². The van der Waals surface area contributed by atoms with E-state index in [9.17, 15) is 0 Å². The SMILES string of the molecule is Cc1ncnc(N2CC3CN(c4ncco4)CC3C2)c1C. The van der Waals surface area contributed by atoms with Crippen molar-refractivity contribution >= 4 is 11.8 Å². The maximum absolute atomic E-state index is 5.41. The number of hydrogen-bond donors (Lipinski definition) is 0. The van der Waals surface area contributed by atoms with Crippen LogP contribution in [0.4, 0.5) is 11.8 Å². The minimum atomic E-state index is 0.659. The fourth-order valence-electron chi connectivity index (χ4n) is 3.54. The average Bonchev–Trinajstić information content (AvgIpc) is 3.14. The molecule has 0 aromatic carbocycles. The Bertz CT molecular complexity index is 628. The molecule has 2 aliphatic rings. The zero-order valence-corrected chi connectivity index (χ0v) is 12.4. The van der Waals surface area contributed by atoms with Gasteiger partial charge < -0.3 is 14.2 Å². The van der Waals surface area contributed by atoms with Crippen molar-refractivity contribution in [1.82, 2.24) is 15.0 Å². The lowest BCUT2D eigenvalue weighted by atomic mass is 10.0. The quantitative estimate of drug-likeness (QED) is 0.836. The van der Waals surface area contributed by atoms with Gasteiger partial charge >= 0.3 is 0 Å². The molecule has 2 aromatic rings. The Labute approximate surface area is 123 Å². The lowest BCUT2D eigenvalue weighted by Gasteiger charge is -2.23. The summed E-state index contributed by atoms with van der Waals surface area (Å²) in [5, 5.41) is 0. The second-order valence-corrected chi connectivity index (χ2v) is 6.05. The van der Waals surface area contributed by atoms with Crippen LogP contribution in [-0.2, 0) is 0 Å². The molecule has 0 radical (unpaired) electrons. The number of anilines is 2. The normalized spacial score (nSPS) is 24.7. The maximum atomic E-state index is 5.41. The minimum absolute atomic E-state index is 0.659. The van der Waals surface area contributed by atoms with Crippen LogP contribution in [0.3, 0.4) is 0 Å². The summed E-state index contributed by atoms with van der Waals surface area (Å²) in [4.78, 5) is 17.7. The highest BCUT2D eigenvalue weighted by molar-refractivity contribution is 5.49. The molecule has 2 saturated heterocycles. The van der Waals surface area contributed by atoms with Crippen molar-refractivity contribution < 1.29 is 4.42 Å². The first-order valence-corrected chi connectivity index (χ1v) is 7.40. The van der Waals surface area contributed by atoms with Gasteiger partial charge in [0.25, 0.3) is 6.01 Å². The van der Waals surface area contributed by atoms with E-state index >= 15 is 0 Å². The highest BCUT2D eigenvalue weighted by atomic mass is 16.4. The summed E-state index contributed by atoms with van der Waals surface area (Å²) < 4.78 is 5.41. The van der Waals surface area contributed by atoms with E-state index in [1.807, 2.05) is 6.92 Å². The van der Waals surface area contributed by atoms with Crippen molar-refractivity contribution in [3.05, 3.63) is 30.0 Å². The predicted octanol–water partition coefficient (Wildman–Crippen LogP) is 1.65. The molecule has 0 amide bonds. The van der Waals surface area contributed by atoms with E-state index in [-0.39, 0.29) is 0 Å². The maximum Gasteiger partial charge on any atom is 0.297 e. The third-order valence-corrected chi connectivity index (χ3v) is 4.79. The molecule has 0 aliphatic carbocycles. The Morgan fingerprint density at radius 3 is 2.38 bits per heavy atom. The van der Waals surface area contributed by atoms with E-state index in [0.29, 0.717) is 11.8 Å². The molecular weight excluding hydrogens is 266 g/mol. The molecular formula is C15H19N5O. The number of fused-ring (bicyclic) bond motifs is 1. The third kappa shape index (κ3) is 2.05. The molecule has 0 spiro atoms. The number of oxazole rings is 1. The fraction of sp³-hybridized carbons (Fsp3) is 0.533. The van der Waals surface area contributed by atoms with Crippen LogP contribution >= 0.6 is 0 Å². The molecule has 4 rings (SSSR count). The van der Waals surface area contributed by atoms with E-state index in [2.05, 4.69) is 31.7 Å². The Kier molecular flexibility index (Phi) is 2.83. The van der Waals surface area contributed by atoms with E-state index in [4.69, 9.17) is 4.42 Å². The number of aryl methyl sites for hydroxylation is 1. The summed E-state index contributed by atoms with van der Waals surface area (Å²) in [6.45, 7) is 8.30. The first-order chi connectivity index (χ1) is 10.2. The Balaban J connectivity index is 1.50. The first-order valence-electron chi connectivity index (χ1n) is 7.40. The molecule has 2 atom stereocenters. The van der Waals surface area contributed by atoms with Gasteiger partial charge in [-0.05, 0) is 13.8 Å². The van der Waals surface area contributed by atoms with E-state index < -0.39 is 0 Å². The number of nitrogens with zero attached hydrogens (tertiary/aromatic N) is 5. The zero-order valence-electron chi connectivity index (χ0n) is 12.4. The molecule has 4 heterocycles. The highest BCUT2D eigenvalue weighted by Gasteiger charge is 2.41. The van der Waals surface area contributed by atoms with Gasteiger partial charge in [-0.3, -0.25) is 0 Å². The van der Waals surface area contributed by atoms with Gasteiger partial charge in [-0.2, -0.15) is 0 Å². The number of aromatic nitrogens is 3. The van der Waals surface area contributed by atoms with Crippen LogP contribution in [0.25, 0.3) is 0 Å². The second kappa shape index (κ2) is 4.72. The average molecular weight is 285 g/mol.